The Hall–Kier alpha value is -1.93. The molecule has 3 amide bonds. The highest BCUT2D eigenvalue weighted by Gasteiger charge is 2.32. The Morgan fingerprint density at radius 2 is 2.18 bits per heavy atom. The van der Waals surface area contributed by atoms with Gasteiger partial charge in [-0.05, 0) is 30.8 Å². The van der Waals surface area contributed by atoms with E-state index < -0.39 is 5.91 Å². The van der Waals surface area contributed by atoms with E-state index in [0.29, 0.717) is 17.1 Å². The number of primary amides is 1. The molecule has 7 nitrogen and oxygen atoms in total. The zero-order valence-corrected chi connectivity index (χ0v) is 13.5. The Bertz CT molecular complexity index is 584. The predicted octanol–water partition coefficient (Wildman–Crippen LogP) is 0.338. The second-order valence-electron chi connectivity index (χ2n) is 5.44. The number of nitrogens with one attached hydrogen (secondary N) is 1. The molecule has 0 spiro atoms. The molecule has 1 aromatic rings. The monoisotopic (exact) mass is 324 g/mol. The Morgan fingerprint density at radius 3 is 2.82 bits per heavy atom. The summed E-state index contributed by atoms with van der Waals surface area (Å²) in [5, 5.41) is 4.85. The summed E-state index contributed by atoms with van der Waals surface area (Å²) in [6.45, 7) is 0.838. The summed E-state index contributed by atoms with van der Waals surface area (Å²) in [4.78, 5) is 38.9. The first-order chi connectivity index (χ1) is 10.4. The minimum atomic E-state index is -0.571. The number of carbonyl (C=O) groups excluding carboxylic acids is 3. The van der Waals surface area contributed by atoms with Crippen molar-refractivity contribution < 1.29 is 14.4 Å². The fraction of sp³-hybridized carbons (Fsp3) is 0.500. The molecule has 0 saturated carbocycles. The standard InChI is InChI=1S/C14H20N4O3S/c1-17(2)14(21)10-4-3-6-18(10)8-11(19)16-13-9(12(15)20)5-7-22-13/h5,7,10H,3-4,6,8H2,1-2H3,(H2,15,20)(H,16,19)/t10-/m1/s1. The van der Waals surface area contributed by atoms with Crippen LogP contribution in [0.2, 0.25) is 0 Å². The van der Waals surface area contributed by atoms with Gasteiger partial charge in [0.15, 0.2) is 0 Å². The lowest BCUT2D eigenvalue weighted by Crippen LogP contribution is -2.45. The minimum Gasteiger partial charge on any atom is -0.366 e. The predicted molar refractivity (Wildman–Crippen MR) is 84.8 cm³/mol. The molecular formula is C14H20N4O3S. The topological polar surface area (TPSA) is 95.7 Å². The summed E-state index contributed by atoms with van der Waals surface area (Å²) in [6.07, 6.45) is 1.65. The molecule has 2 rings (SSSR count). The highest BCUT2D eigenvalue weighted by molar-refractivity contribution is 7.14. The average Bonchev–Trinajstić information content (AvgIpc) is 3.06. The first-order valence-corrected chi connectivity index (χ1v) is 7.90. The Labute approximate surface area is 133 Å². The average molecular weight is 324 g/mol. The first-order valence-electron chi connectivity index (χ1n) is 7.02. The van der Waals surface area contributed by atoms with Crippen LogP contribution >= 0.6 is 11.3 Å². The van der Waals surface area contributed by atoms with Gasteiger partial charge in [0.25, 0.3) is 5.91 Å². The number of nitrogens with zero attached hydrogens (tertiary/aromatic N) is 2. The maximum atomic E-state index is 12.2. The lowest BCUT2D eigenvalue weighted by atomic mass is 10.2. The SMILES string of the molecule is CN(C)C(=O)[C@H]1CCCN1CC(=O)Nc1sccc1C(N)=O. The van der Waals surface area contributed by atoms with Crippen molar-refractivity contribution in [3.05, 3.63) is 17.0 Å². The van der Waals surface area contributed by atoms with Crippen molar-refractivity contribution >= 4 is 34.1 Å². The summed E-state index contributed by atoms with van der Waals surface area (Å²) < 4.78 is 0. The van der Waals surface area contributed by atoms with Gasteiger partial charge in [-0.25, -0.2) is 0 Å². The number of carbonyl (C=O) groups is 3. The van der Waals surface area contributed by atoms with Crippen molar-refractivity contribution in [3.63, 3.8) is 0 Å². The summed E-state index contributed by atoms with van der Waals surface area (Å²) in [5.74, 6) is -0.805. The molecule has 2 heterocycles. The second-order valence-corrected chi connectivity index (χ2v) is 6.35. The second kappa shape index (κ2) is 6.89. The Kier molecular flexibility index (Phi) is 5.15. The van der Waals surface area contributed by atoms with Crippen LogP contribution in [-0.4, -0.2) is 60.7 Å². The normalized spacial score (nSPS) is 18.2. The van der Waals surface area contributed by atoms with Crippen LogP contribution in [-0.2, 0) is 9.59 Å². The fourth-order valence-corrected chi connectivity index (χ4v) is 3.35. The van der Waals surface area contributed by atoms with E-state index in [-0.39, 0.29) is 24.4 Å². The van der Waals surface area contributed by atoms with E-state index in [1.807, 2.05) is 4.90 Å². The zero-order valence-electron chi connectivity index (χ0n) is 12.7. The lowest BCUT2D eigenvalue weighted by Gasteiger charge is -2.25. The third kappa shape index (κ3) is 3.63. The van der Waals surface area contributed by atoms with Gasteiger partial charge in [0.2, 0.25) is 11.8 Å². The molecule has 1 atom stereocenters. The van der Waals surface area contributed by atoms with Crippen molar-refractivity contribution in [2.24, 2.45) is 5.73 Å². The van der Waals surface area contributed by atoms with Gasteiger partial charge in [0.05, 0.1) is 18.2 Å². The van der Waals surface area contributed by atoms with Gasteiger partial charge in [-0.3, -0.25) is 19.3 Å². The quantitative estimate of drug-likeness (QED) is 0.816. The molecule has 1 aliphatic rings. The fourth-order valence-electron chi connectivity index (χ4n) is 2.54. The van der Waals surface area contributed by atoms with Crippen molar-refractivity contribution in [2.75, 3.05) is 32.5 Å². The van der Waals surface area contributed by atoms with E-state index in [9.17, 15) is 14.4 Å². The van der Waals surface area contributed by atoms with Gasteiger partial charge >= 0.3 is 0 Å². The van der Waals surface area contributed by atoms with E-state index in [4.69, 9.17) is 5.73 Å². The van der Waals surface area contributed by atoms with Crippen LogP contribution < -0.4 is 11.1 Å². The van der Waals surface area contributed by atoms with Gasteiger partial charge in [-0.1, -0.05) is 0 Å². The summed E-state index contributed by atoms with van der Waals surface area (Å²) in [5.41, 5.74) is 5.56. The summed E-state index contributed by atoms with van der Waals surface area (Å²) >= 11 is 1.25. The van der Waals surface area contributed by atoms with Gasteiger partial charge in [-0.2, -0.15) is 0 Å². The molecule has 1 saturated heterocycles. The third-order valence-corrected chi connectivity index (χ3v) is 4.45. The van der Waals surface area contributed by atoms with Gasteiger partial charge in [0.1, 0.15) is 5.00 Å². The smallest absolute Gasteiger partial charge is 0.251 e. The summed E-state index contributed by atoms with van der Waals surface area (Å²) in [6, 6.07) is 1.33. The molecule has 0 unspecified atom stereocenters. The lowest BCUT2D eigenvalue weighted by molar-refractivity contribution is -0.133. The van der Waals surface area contributed by atoms with Crippen molar-refractivity contribution in [2.45, 2.75) is 18.9 Å². The maximum Gasteiger partial charge on any atom is 0.251 e. The molecule has 0 bridgehead atoms. The number of thiophene rings is 1. The number of hydrogen-bond acceptors (Lipinski definition) is 5. The van der Waals surface area contributed by atoms with E-state index in [0.717, 1.165) is 12.8 Å². The number of amides is 3. The molecule has 120 valence electrons. The molecule has 1 aromatic heterocycles. The zero-order chi connectivity index (χ0) is 16.3. The van der Waals surface area contributed by atoms with Crippen molar-refractivity contribution in [1.29, 1.82) is 0 Å². The molecule has 8 heteroatoms. The number of rotatable bonds is 5. The Balaban J connectivity index is 1.98. The Morgan fingerprint density at radius 1 is 1.45 bits per heavy atom. The van der Waals surface area contributed by atoms with E-state index in [1.165, 1.54) is 11.3 Å². The molecular weight excluding hydrogens is 304 g/mol. The molecule has 0 aliphatic carbocycles. The third-order valence-electron chi connectivity index (χ3n) is 3.62. The summed E-state index contributed by atoms with van der Waals surface area (Å²) in [7, 11) is 3.42. The molecule has 1 aliphatic heterocycles. The molecule has 22 heavy (non-hydrogen) atoms. The number of likely N-dealkylation sites (N-methyl/N-ethyl adjacent to an activating group) is 1. The number of anilines is 1. The van der Waals surface area contributed by atoms with Crippen LogP contribution in [0.15, 0.2) is 11.4 Å². The number of hydrogen-bond donors (Lipinski definition) is 2. The first kappa shape index (κ1) is 16.4. The van der Waals surface area contributed by atoms with Crippen molar-refractivity contribution in [3.8, 4) is 0 Å². The number of likely N-dealkylation sites (tertiary alicyclic amines) is 1. The highest BCUT2D eigenvalue weighted by Crippen LogP contribution is 2.23. The van der Waals surface area contributed by atoms with Crippen LogP contribution in [0.25, 0.3) is 0 Å². The van der Waals surface area contributed by atoms with E-state index >= 15 is 0 Å². The highest BCUT2D eigenvalue weighted by atomic mass is 32.1. The molecule has 1 fully saturated rings. The van der Waals surface area contributed by atoms with Gasteiger partial charge < -0.3 is 16.0 Å². The molecule has 0 aromatic carbocycles. The largest absolute Gasteiger partial charge is 0.366 e. The van der Waals surface area contributed by atoms with Crippen LogP contribution in [0.4, 0.5) is 5.00 Å². The molecule has 3 N–H and O–H groups in total. The maximum absolute atomic E-state index is 12.2. The van der Waals surface area contributed by atoms with Crippen LogP contribution in [0.3, 0.4) is 0 Å². The van der Waals surface area contributed by atoms with Crippen LogP contribution in [0, 0.1) is 0 Å². The van der Waals surface area contributed by atoms with Crippen LogP contribution in [0.1, 0.15) is 23.2 Å². The van der Waals surface area contributed by atoms with Gasteiger partial charge in [0, 0.05) is 14.1 Å². The number of nitrogens with two attached hydrogens (primary N) is 1. The van der Waals surface area contributed by atoms with Crippen LogP contribution in [0.5, 0.6) is 0 Å². The van der Waals surface area contributed by atoms with Gasteiger partial charge in [-0.15, -0.1) is 11.3 Å². The van der Waals surface area contributed by atoms with Crippen molar-refractivity contribution in [1.82, 2.24) is 9.80 Å². The van der Waals surface area contributed by atoms with E-state index in [1.54, 1.807) is 30.4 Å². The minimum absolute atomic E-state index is 0.0132. The molecule has 0 radical (unpaired) electrons. The van der Waals surface area contributed by atoms with E-state index in [2.05, 4.69) is 5.32 Å².